The maximum absolute atomic E-state index is 8.52. The SMILES string of the molecule is CCC=CCC=CCC=CCC=CCC=CCO. The molecule has 0 rings (SSSR count). The summed E-state index contributed by atoms with van der Waals surface area (Å²) in [6, 6.07) is 0. The molecule has 0 saturated heterocycles. The smallest absolute Gasteiger partial charge is 0.0612 e. The fraction of sp³-hybridized carbons (Fsp3) is 0.412. The van der Waals surface area contributed by atoms with Crippen molar-refractivity contribution in [3.8, 4) is 0 Å². The van der Waals surface area contributed by atoms with Crippen molar-refractivity contribution in [1.82, 2.24) is 0 Å². The van der Waals surface area contributed by atoms with Crippen molar-refractivity contribution >= 4 is 0 Å². The summed E-state index contributed by atoms with van der Waals surface area (Å²) < 4.78 is 0. The predicted octanol–water partition coefficient (Wildman–Crippen LogP) is 4.73. The van der Waals surface area contributed by atoms with E-state index in [1.807, 2.05) is 6.08 Å². The van der Waals surface area contributed by atoms with Gasteiger partial charge in [-0.2, -0.15) is 0 Å². The largest absolute Gasteiger partial charge is 0.392 e. The maximum Gasteiger partial charge on any atom is 0.0612 e. The second-order valence-corrected chi connectivity index (χ2v) is 3.89. The van der Waals surface area contributed by atoms with E-state index in [0.717, 1.165) is 32.1 Å². The van der Waals surface area contributed by atoms with Gasteiger partial charge in [-0.25, -0.2) is 0 Å². The number of aliphatic hydroxyl groups excluding tert-OH is 1. The van der Waals surface area contributed by atoms with E-state index >= 15 is 0 Å². The van der Waals surface area contributed by atoms with E-state index < -0.39 is 0 Å². The number of aliphatic hydroxyl groups is 1. The Morgan fingerprint density at radius 1 is 0.556 bits per heavy atom. The highest BCUT2D eigenvalue weighted by Crippen LogP contribution is 1.95. The zero-order valence-electron chi connectivity index (χ0n) is 11.5. The lowest BCUT2D eigenvalue weighted by atomic mass is 10.2. The Morgan fingerprint density at radius 3 is 1.22 bits per heavy atom. The third-order valence-electron chi connectivity index (χ3n) is 2.26. The first kappa shape index (κ1) is 16.7. The van der Waals surface area contributed by atoms with Gasteiger partial charge in [0.1, 0.15) is 0 Å². The molecule has 0 spiro atoms. The van der Waals surface area contributed by atoms with E-state index in [0.29, 0.717) is 0 Å². The monoisotopic (exact) mass is 246 g/mol. The van der Waals surface area contributed by atoms with Crippen molar-refractivity contribution in [1.29, 1.82) is 0 Å². The molecular weight excluding hydrogens is 220 g/mol. The van der Waals surface area contributed by atoms with Gasteiger partial charge in [-0.1, -0.05) is 67.7 Å². The van der Waals surface area contributed by atoms with Gasteiger partial charge in [-0.15, -0.1) is 0 Å². The molecule has 0 atom stereocenters. The summed E-state index contributed by atoms with van der Waals surface area (Å²) in [5, 5.41) is 8.52. The molecule has 0 aliphatic carbocycles. The molecule has 1 nitrogen and oxygen atoms in total. The van der Waals surface area contributed by atoms with Gasteiger partial charge in [0.2, 0.25) is 0 Å². The molecule has 0 amide bonds. The molecule has 0 aromatic rings. The van der Waals surface area contributed by atoms with Crippen LogP contribution < -0.4 is 0 Å². The second kappa shape index (κ2) is 15.7. The molecule has 0 aromatic carbocycles. The van der Waals surface area contributed by atoms with Crippen molar-refractivity contribution < 1.29 is 5.11 Å². The number of allylic oxidation sites excluding steroid dienone is 9. The van der Waals surface area contributed by atoms with Crippen LogP contribution in [-0.4, -0.2) is 11.7 Å². The van der Waals surface area contributed by atoms with Crippen molar-refractivity contribution in [2.45, 2.75) is 39.0 Å². The van der Waals surface area contributed by atoms with Crippen LogP contribution in [0.15, 0.2) is 60.8 Å². The van der Waals surface area contributed by atoms with Crippen LogP contribution in [0.1, 0.15) is 39.0 Å². The zero-order valence-corrected chi connectivity index (χ0v) is 11.5. The fourth-order valence-electron chi connectivity index (χ4n) is 1.33. The lowest BCUT2D eigenvalue weighted by molar-refractivity contribution is 0.342. The minimum absolute atomic E-state index is 0.132. The topological polar surface area (TPSA) is 20.2 Å². The molecule has 0 aromatic heterocycles. The summed E-state index contributed by atoms with van der Waals surface area (Å²) in [4.78, 5) is 0. The first-order valence-electron chi connectivity index (χ1n) is 6.77. The van der Waals surface area contributed by atoms with Crippen LogP contribution in [-0.2, 0) is 0 Å². The molecular formula is C17H26O. The molecule has 1 N–H and O–H groups in total. The molecule has 0 aliphatic rings. The van der Waals surface area contributed by atoms with Crippen molar-refractivity contribution in [3.63, 3.8) is 0 Å². The standard InChI is InChI=1S/C17H26O/c1-2-3-4-5-6-7-8-9-10-11-12-13-14-15-16-17-18/h3-4,6-7,9-10,12-13,15-16,18H,2,5,8,11,14,17H2,1H3. The van der Waals surface area contributed by atoms with E-state index in [9.17, 15) is 0 Å². The van der Waals surface area contributed by atoms with Gasteiger partial charge in [0.05, 0.1) is 6.61 Å². The van der Waals surface area contributed by atoms with E-state index in [1.54, 1.807) is 6.08 Å². The van der Waals surface area contributed by atoms with Crippen LogP contribution in [0.5, 0.6) is 0 Å². The predicted molar refractivity (Wildman–Crippen MR) is 81.5 cm³/mol. The lowest BCUT2D eigenvalue weighted by Gasteiger charge is -1.85. The number of rotatable bonds is 10. The summed E-state index contributed by atoms with van der Waals surface area (Å²) in [6.45, 7) is 2.28. The molecule has 0 heterocycles. The van der Waals surface area contributed by atoms with E-state index in [-0.39, 0.29) is 6.61 Å². The molecule has 1 heteroatoms. The highest BCUT2D eigenvalue weighted by Gasteiger charge is 1.74. The van der Waals surface area contributed by atoms with E-state index in [2.05, 4.69) is 55.5 Å². The summed E-state index contributed by atoms with van der Waals surface area (Å²) in [7, 11) is 0. The summed E-state index contributed by atoms with van der Waals surface area (Å²) in [6.07, 6.45) is 26.2. The Labute approximate surface area is 112 Å². The Hall–Kier alpha value is -1.34. The van der Waals surface area contributed by atoms with Gasteiger partial charge in [-0.05, 0) is 32.1 Å². The molecule has 0 unspecified atom stereocenters. The van der Waals surface area contributed by atoms with Crippen LogP contribution in [0, 0.1) is 0 Å². The number of hydrogen-bond donors (Lipinski definition) is 1. The van der Waals surface area contributed by atoms with Gasteiger partial charge in [0, 0.05) is 0 Å². The van der Waals surface area contributed by atoms with Gasteiger partial charge in [0.15, 0.2) is 0 Å². The molecule has 0 bridgehead atoms. The van der Waals surface area contributed by atoms with Crippen LogP contribution in [0.4, 0.5) is 0 Å². The summed E-state index contributed by atoms with van der Waals surface area (Å²) >= 11 is 0. The molecule has 0 radical (unpaired) electrons. The Morgan fingerprint density at radius 2 is 0.889 bits per heavy atom. The number of hydrogen-bond acceptors (Lipinski definition) is 1. The Balaban J connectivity index is 3.42. The first-order valence-corrected chi connectivity index (χ1v) is 6.77. The van der Waals surface area contributed by atoms with Crippen LogP contribution >= 0.6 is 0 Å². The minimum atomic E-state index is 0.132. The zero-order chi connectivity index (χ0) is 13.3. The molecule has 0 fully saturated rings. The van der Waals surface area contributed by atoms with Crippen molar-refractivity contribution in [2.24, 2.45) is 0 Å². The van der Waals surface area contributed by atoms with Gasteiger partial charge in [0.25, 0.3) is 0 Å². The quantitative estimate of drug-likeness (QED) is 0.552. The normalized spacial score (nSPS) is 13.2. The van der Waals surface area contributed by atoms with Crippen LogP contribution in [0.3, 0.4) is 0 Å². The molecule has 100 valence electrons. The van der Waals surface area contributed by atoms with E-state index in [4.69, 9.17) is 5.11 Å². The van der Waals surface area contributed by atoms with Crippen LogP contribution in [0.2, 0.25) is 0 Å². The molecule has 0 saturated carbocycles. The second-order valence-electron chi connectivity index (χ2n) is 3.89. The minimum Gasteiger partial charge on any atom is -0.392 e. The molecule has 18 heavy (non-hydrogen) atoms. The summed E-state index contributed by atoms with van der Waals surface area (Å²) in [5.74, 6) is 0. The van der Waals surface area contributed by atoms with Crippen LogP contribution in [0.25, 0.3) is 0 Å². The average molecular weight is 246 g/mol. The first-order chi connectivity index (χ1) is 8.91. The average Bonchev–Trinajstić information content (AvgIpc) is 2.39. The third-order valence-corrected chi connectivity index (χ3v) is 2.26. The third kappa shape index (κ3) is 14.7. The Kier molecular flexibility index (Phi) is 14.5. The maximum atomic E-state index is 8.52. The van der Waals surface area contributed by atoms with Gasteiger partial charge < -0.3 is 5.11 Å². The summed E-state index contributed by atoms with van der Waals surface area (Å²) in [5.41, 5.74) is 0. The highest BCUT2D eigenvalue weighted by molar-refractivity contribution is 5.00. The fourth-order valence-corrected chi connectivity index (χ4v) is 1.33. The van der Waals surface area contributed by atoms with Crippen molar-refractivity contribution in [2.75, 3.05) is 6.61 Å². The van der Waals surface area contributed by atoms with E-state index in [1.165, 1.54) is 0 Å². The van der Waals surface area contributed by atoms with Gasteiger partial charge in [-0.3, -0.25) is 0 Å². The Bertz CT molecular complexity index is 263. The molecule has 0 aliphatic heterocycles. The van der Waals surface area contributed by atoms with Gasteiger partial charge >= 0.3 is 0 Å². The van der Waals surface area contributed by atoms with Crippen molar-refractivity contribution in [3.05, 3.63) is 60.8 Å². The highest BCUT2D eigenvalue weighted by atomic mass is 16.2. The lowest BCUT2D eigenvalue weighted by Crippen LogP contribution is -1.69.